The Hall–Kier alpha value is -0.830. The largest absolute Gasteiger partial charge is 0.324 e. The van der Waals surface area contributed by atoms with E-state index in [9.17, 15) is 0 Å². The first-order valence-corrected chi connectivity index (χ1v) is 5.05. The maximum absolute atomic E-state index is 5.89. The summed E-state index contributed by atoms with van der Waals surface area (Å²) in [7, 11) is 0. The minimum absolute atomic E-state index is 0.121. The van der Waals surface area contributed by atoms with Gasteiger partial charge in [0, 0.05) is 29.8 Å². The Labute approximate surface area is 78.9 Å². The molecule has 1 aliphatic carbocycles. The van der Waals surface area contributed by atoms with Crippen molar-refractivity contribution in [1.82, 2.24) is 9.78 Å². The van der Waals surface area contributed by atoms with Gasteiger partial charge >= 0.3 is 0 Å². The molecule has 0 spiro atoms. The molecule has 3 nitrogen and oxygen atoms in total. The standard InChI is InChI=1S/C10H17N3/c1-3-13-10(8-4-5-8)9(6-12-13)7(2)11/h6-8H,3-5,11H2,1-2H3. The number of rotatable bonds is 3. The van der Waals surface area contributed by atoms with Gasteiger partial charge in [0.2, 0.25) is 0 Å². The molecular formula is C10H17N3. The first kappa shape index (κ1) is 8.75. The quantitative estimate of drug-likeness (QED) is 0.769. The number of aromatic nitrogens is 2. The van der Waals surface area contributed by atoms with Crippen molar-refractivity contribution < 1.29 is 0 Å². The second-order valence-corrected chi connectivity index (χ2v) is 3.86. The number of hydrogen-bond donors (Lipinski definition) is 1. The number of nitrogens with zero attached hydrogens (tertiary/aromatic N) is 2. The van der Waals surface area contributed by atoms with Crippen LogP contribution in [0.15, 0.2) is 6.20 Å². The number of aryl methyl sites for hydroxylation is 1. The van der Waals surface area contributed by atoms with Crippen molar-refractivity contribution in [1.29, 1.82) is 0 Å². The summed E-state index contributed by atoms with van der Waals surface area (Å²) in [5.74, 6) is 0.739. The van der Waals surface area contributed by atoms with E-state index in [1.807, 2.05) is 13.1 Å². The Morgan fingerprint density at radius 1 is 1.69 bits per heavy atom. The molecule has 2 rings (SSSR count). The van der Waals surface area contributed by atoms with E-state index in [4.69, 9.17) is 5.73 Å². The molecule has 0 bridgehead atoms. The van der Waals surface area contributed by atoms with Crippen molar-refractivity contribution in [2.75, 3.05) is 0 Å². The smallest absolute Gasteiger partial charge is 0.0540 e. The van der Waals surface area contributed by atoms with Crippen LogP contribution in [0.25, 0.3) is 0 Å². The van der Waals surface area contributed by atoms with Crippen LogP contribution < -0.4 is 5.73 Å². The summed E-state index contributed by atoms with van der Waals surface area (Å²) in [5.41, 5.74) is 8.52. The highest BCUT2D eigenvalue weighted by atomic mass is 15.3. The Balaban J connectivity index is 2.38. The molecule has 1 saturated carbocycles. The highest BCUT2D eigenvalue weighted by Gasteiger charge is 2.30. The summed E-state index contributed by atoms with van der Waals surface area (Å²) in [6.45, 7) is 5.12. The molecule has 0 amide bonds. The third-order valence-corrected chi connectivity index (χ3v) is 2.66. The van der Waals surface area contributed by atoms with Gasteiger partial charge in [-0.2, -0.15) is 5.10 Å². The normalized spacial score (nSPS) is 19.0. The van der Waals surface area contributed by atoms with Crippen molar-refractivity contribution >= 4 is 0 Å². The SMILES string of the molecule is CCn1ncc(C(C)N)c1C1CC1. The van der Waals surface area contributed by atoms with E-state index in [0.29, 0.717) is 0 Å². The second-order valence-electron chi connectivity index (χ2n) is 3.86. The van der Waals surface area contributed by atoms with Gasteiger partial charge in [-0.15, -0.1) is 0 Å². The molecule has 0 saturated heterocycles. The second kappa shape index (κ2) is 3.14. The zero-order valence-corrected chi connectivity index (χ0v) is 8.33. The Morgan fingerprint density at radius 2 is 2.38 bits per heavy atom. The molecule has 1 aromatic heterocycles. The predicted molar refractivity (Wildman–Crippen MR) is 52.5 cm³/mol. The van der Waals surface area contributed by atoms with Gasteiger partial charge in [0.15, 0.2) is 0 Å². The van der Waals surface area contributed by atoms with Crippen LogP contribution in [-0.2, 0) is 6.54 Å². The molecule has 1 heterocycles. The van der Waals surface area contributed by atoms with E-state index < -0.39 is 0 Å². The average molecular weight is 179 g/mol. The molecule has 1 aliphatic rings. The van der Waals surface area contributed by atoms with Gasteiger partial charge in [0.25, 0.3) is 0 Å². The molecular weight excluding hydrogens is 162 g/mol. The fraction of sp³-hybridized carbons (Fsp3) is 0.700. The molecule has 1 atom stereocenters. The lowest BCUT2D eigenvalue weighted by atomic mass is 10.1. The molecule has 0 radical (unpaired) electrons. The van der Waals surface area contributed by atoms with Crippen LogP contribution >= 0.6 is 0 Å². The fourth-order valence-corrected chi connectivity index (χ4v) is 1.82. The van der Waals surface area contributed by atoms with Gasteiger partial charge in [-0.05, 0) is 26.7 Å². The third-order valence-electron chi connectivity index (χ3n) is 2.66. The van der Waals surface area contributed by atoms with E-state index in [2.05, 4.69) is 16.7 Å². The predicted octanol–water partition coefficient (Wildman–Crippen LogP) is 1.80. The average Bonchev–Trinajstić information content (AvgIpc) is 2.84. The Kier molecular flexibility index (Phi) is 2.12. The van der Waals surface area contributed by atoms with E-state index in [-0.39, 0.29) is 6.04 Å². The van der Waals surface area contributed by atoms with Crippen LogP contribution in [0.5, 0.6) is 0 Å². The molecule has 0 aliphatic heterocycles. The van der Waals surface area contributed by atoms with Crippen molar-refractivity contribution in [2.24, 2.45) is 5.73 Å². The molecule has 1 fully saturated rings. The molecule has 1 aromatic rings. The highest BCUT2D eigenvalue weighted by Crippen LogP contribution is 2.42. The zero-order chi connectivity index (χ0) is 9.42. The number of hydrogen-bond acceptors (Lipinski definition) is 2. The van der Waals surface area contributed by atoms with Crippen LogP contribution in [0.4, 0.5) is 0 Å². The van der Waals surface area contributed by atoms with E-state index in [1.54, 1.807) is 0 Å². The summed E-state index contributed by atoms with van der Waals surface area (Å²) in [6, 6.07) is 0.121. The summed E-state index contributed by atoms with van der Waals surface area (Å²) in [6.07, 6.45) is 4.55. The first-order valence-electron chi connectivity index (χ1n) is 5.05. The van der Waals surface area contributed by atoms with E-state index >= 15 is 0 Å². The van der Waals surface area contributed by atoms with Gasteiger partial charge < -0.3 is 5.73 Å². The van der Waals surface area contributed by atoms with Gasteiger partial charge in [-0.3, -0.25) is 4.68 Å². The van der Waals surface area contributed by atoms with Gasteiger partial charge in [-0.1, -0.05) is 0 Å². The Morgan fingerprint density at radius 3 is 2.85 bits per heavy atom. The summed E-state index contributed by atoms with van der Waals surface area (Å²) < 4.78 is 2.09. The maximum atomic E-state index is 5.89. The molecule has 72 valence electrons. The van der Waals surface area contributed by atoms with Crippen LogP contribution in [0, 0.1) is 0 Å². The first-order chi connectivity index (χ1) is 6.24. The van der Waals surface area contributed by atoms with Crippen LogP contribution in [0.3, 0.4) is 0 Å². The molecule has 1 unspecified atom stereocenters. The van der Waals surface area contributed by atoms with Gasteiger partial charge in [-0.25, -0.2) is 0 Å². The summed E-state index contributed by atoms with van der Waals surface area (Å²) >= 11 is 0. The summed E-state index contributed by atoms with van der Waals surface area (Å²) in [5, 5.41) is 4.35. The third kappa shape index (κ3) is 1.48. The van der Waals surface area contributed by atoms with Crippen LogP contribution in [0.2, 0.25) is 0 Å². The van der Waals surface area contributed by atoms with Crippen molar-refractivity contribution in [2.45, 2.75) is 45.2 Å². The zero-order valence-electron chi connectivity index (χ0n) is 8.33. The molecule has 0 aromatic carbocycles. The van der Waals surface area contributed by atoms with Gasteiger partial charge in [0.05, 0.1) is 6.20 Å². The maximum Gasteiger partial charge on any atom is 0.0540 e. The lowest BCUT2D eigenvalue weighted by Crippen LogP contribution is -2.09. The monoisotopic (exact) mass is 179 g/mol. The van der Waals surface area contributed by atoms with Crippen molar-refractivity contribution in [3.63, 3.8) is 0 Å². The van der Waals surface area contributed by atoms with E-state index in [0.717, 1.165) is 12.5 Å². The lowest BCUT2D eigenvalue weighted by Gasteiger charge is -2.08. The van der Waals surface area contributed by atoms with Crippen molar-refractivity contribution in [3.8, 4) is 0 Å². The van der Waals surface area contributed by atoms with Crippen molar-refractivity contribution in [3.05, 3.63) is 17.5 Å². The Bertz CT molecular complexity index is 297. The van der Waals surface area contributed by atoms with Crippen LogP contribution in [0.1, 0.15) is 49.9 Å². The minimum atomic E-state index is 0.121. The highest BCUT2D eigenvalue weighted by molar-refractivity contribution is 5.28. The topological polar surface area (TPSA) is 43.8 Å². The summed E-state index contributed by atoms with van der Waals surface area (Å²) in [4.78, 5) is 0. The van der Waals surface area contributed by atoms with Gasteiger partial charge in [0.1, 0.15) is 0 Å². The lowest BCUT2D eigenvalue weighted by molar-refractivity contribution is 0.618. The molecule has 2 N–H and O–H groups in total. The minimum Gasteiger partial charge on any atom is -0.324 e. The van der Waals surface area contributed by atoms with E-state index in [1.165, 1.54) is 24.1 Å². The fourth-order valence-electron chi connectivity index (χ4n) is 1.82. The molecule has 3 heteroatoms. The number of nitrogens with two attached hydrogens (primary N) is 1. The molecule has 13 heavy (non-hydrogen) atoms. The van der Waals surface area contributed by atoms with Crippen LogP contribution in [-0.4, -0.2) is 9.78 Å².